The van der Waals surface area contributed by atoms with E-state index >= 15 is 0 Å². The lowest BCUT2D eigenvalue weighted by Crippen LogP contribution is -2.14. The molecule has 3 heteroatoms. The number of nitrogens with zero attached hydrogens (tertiary/aromatic N) is 1. The number of H-pyrrole nitrogens is 1. The van der Waals surface area contributed by atoms with Gasteiger partial charge in [-0.05, 0) is 30.2 Å². The molecule has 0 radical (unpaired) electrons. The van der Waals surface area contributed by atoms with Gasteiger partial charge in [0.1, 0.15) is 0 Å². The van der Waals surface area contributed by atoms with E-state index in [1.807, 2.05) is 6.07 Å². The van der Waals surface area contributed by atoms with Crippen LogP contribution in [0.4, 0.5) is 0 Å². The summed E-state index contributed by atoms with van der Waals surface area (Å²) in [6, 6.07) is 10.6. The Morgan fingerprint density at radius 3 is 2.50 bits per heavy atom. The summed E-state index contributed by atoms with van der Waals surface area (Å²) in [5.41, 5.74) is 3.59. The van der Waals surface area contributed by atoms with E-state index in [2.05, 4.69) is 46.7 Å². The average molecular weight is 271 g/mol. The Labute approximate surface area is 121 Å². The van der Waals surface area contributed by atoms with E-state index in [1.54, 1.807) is 6.20 Å². The lowest BCUT2D eigenvalue weighted by atomic mass is 10.1. The lowest BCUT2D eigenvalue weighted by Gasteiger charge is -2.06. The molecule has 108 valence electrons. The lowest BCUT2D eigenvalue weighted by molar-refractivity contribution is 0.583. The summed E-state index contributed by atoms with van der Waals surface area (Å²) >= 11 is 0. The van der Waals surface area contributed by atoms with Gasteiger partial charge in [0, 0.05) is 12.7 Å². The normalized spacial score (nSPS) is 10.8. The fourth-order valence-corrected chi connectivity index (χ4v) is 2.31. The molecule has 0 aliphatic carbocycles. The Bertz CT molecular complexity index is 459. The predicted molar refractivity (Wildman–Crippen MR) is 84.5 cm³/mol. The molecule has 0 fully saturated rings. The van der Waals surface area contributed by atoms with Crippen LogP contribution in [-0.4, -0.2) is 16.7 Å². The third-order valence-corrected chi connectivity index (χ3v) is 3.55. The standard InChI is InChI=1S/C17H25N3/c1-2-3-4-5-6-12-18-14-15-7-9-16(10-8-15)17-11-13-19-20-17/h7-11,13,18H,2-6,12,14H2,1H3,(H,19,20). The molecule has 2 N–H and O–H groups in total. The number of hydrogen-bond acceptors (Lipinski definition) is 2. The van der Waals surface area contributed by atoms with E-state index in [1.165, 1.54) is 43.2 Å². The van der Waals surface area contributed by atoms with Gasteiger partial charge in [0.05, 0.1) is 5.69 Å². The van der Waals surface area contributed by atoms with Crippen molar-refractivity contribution in [1.29, 1.82) is 0 Å². The molecule has 0 amide bonds. The van der Waals surface area contributed by atoms with Crippen LogP contribution < -0.4 is 5.32 Å². The van der Waals surface area contributed by atoms with Gasteiger partial charge in [-0.25, -0.2) is 0 Å². The van der Waals surface area contributed by atoms with E-state index in [0.29, 0.717) is 0 Å². The van der Waals surface area contributed by atoms with Crippen LogP contribution in [0.3, 0.4) is 0 Å². The van der Waals surface area contributed by atoms with Crippen molar-refractivity contribution < 1.29 is 0 Å². The molecule has 1 heterocycles. The second-order valence-electron chi connectivity index (χ2n) is 5.26. The Hall–Kier alpha value is -1.61. The molecule has 0 spiro atoms. The Kier molecular flexibility index (Phi) is 6.32. The number of nitrogens with one attached hydrogen (secondary N) is 2. The number of hydrogen-bond donors (Lipinski definition) is 2. The molecule has 0 saturated carbocycles. The van der Waals surface area contributed by atoms with Crippen molar-refractivity contribution in [3.63, 3.8) is 0 Å². The molecule has 1 aromatic heterocycles. The zero-order chi connectivity index (χ0) is 14.0. The van der Waals surface area contributed by atoms with Crippen LogP contribution in [0.1, 0.15) is 44.6 Å². The minimum Gasteiger partial charge on any atom is -0.313 e. The van der Waals surface area contributed by atoms with E-state index in [0.717, 1.165) is 18.8 Å². The van der Waals surface area contributed by atoms with Gasteiger partial charge in [-0.15, -0.1) is 0 Å². The van der Waals surface area contributed by atoms with Gasteiger partial charge >= 0.3 is 0 Å². The molecule has 3 nitrogen and oxygen atoms in total. The van der Waals surface area contributed by atoms with Gasteiger partial charge in [-0.3, -0.25) is 5.10 Å². The number of rotatable bonds is 9. The van der Waals surface area contributed by atoms with Crippen LogP contribution in [0, 0.1) is 0 Å². The molecule has 0 unspecified atom stereocenters. The van der Waals surface area contributed by atoms with Crippen molar-refractivity contribution >= 4 is 0 Å². The first-order chi connectivity index (χ1) is 9.90. The van der Waals surface area contributed by atoms with Crippen LogP contribution >= 0.6 is 0 Å². The molecule has 2 aromatic rings. The SMILES string of the molecule is CCCCCCCNCc1ccc(-c2ccn[nH]2)cc1. The van der Waals surface area contributed by atoms with Crippen LogP contribution in [0.15, 0.2) is 36.5 Å². The molecular formula is C17H25N3. The molecule has 2 rings (SSSR count). The van der Waals surface area contributed by atoms with Crippen molar-refractivity contribution in [2.75, 3.05) is 6.54 Å². The summed E-state index contributed by atoms with van der Waals surface area (Å²) in [6.07, 6.45) is 8.47. The highest BCUT2D eigenvalue weighted by Gasteiger charge is 1.98. The van der Waals surface area contributed by atoms with Crippen LogP contribution in [0.2, 0.25) is 0 Å². The molecule has 20 heavy (non-hydrogen) atoms. The fraction of sp³-hybridized carbons (Fsp3) is 0.471. The average Bonchev–Trinajstić information content (AvgIpc) is 3.01. The van der Waals surface area contributed by atoms with Gasteiger partial charge in [-0.1, -0.05) is 56.9 Å². The maximum absolute atomic E-state index is 3.97. The number of aromatic nitrogens is 2. The molecule has 0 bridgehead atoms. The predicted octanol–water partition coefficient (Wildman–Crippen LogP) is 4.14. The Balaban J connectivity index is 1.67. The van der Waals surface area contributed by atoms with Crippen molar-refractivity contribution in [1.82, 2.24) is 15.5 Å². The van der Waals surface area contributed by atoms with Crippen molar-refractivity contribution in [2.24, 2.45) is 0 Å². The summed E-state index contributed by atoms with van der Waals surface area (Å²) in [7, 11) is 0. The molecule has 0 atom stereocenters. The molecule has 0 aliphatic rings. The van der Waals surface area contributed by atoms with Crippen molar-refractivity contribution in [2.45, 2.75) is 45.6 Å². The van der Waals surface area contributed by atoms with Gasteiger partial charge in [0.2, 0.25) is 0 Å². The number of benzene rings is 1. The zero-order valence-corrected chi connectivity index (χ0v) is 12.4. The highest BCUT2D eigenvalue weighted by atomic mass is 15.1. The third kappa shape index (κ3) is 4.82. The third-order valence-electron chi connectivity index (χ3n) is 3.55. The van der Waals surface area contributed by atoms with Gasteiger partial charge in [-0.2, -0.15) is 5.10 Å². The van der Waals surface area contributed by atoms with Gasteiger partial charge in [0.15, 0.2) is 0 Å². The molecular weight excluding hydrogens is 246 g/mol. The highest BCUT2D eigenvalue weighted by molar-refractivity contribution is 5.58. The van der Waals surface area contributed by atoms with E-state index in [4.69, 9.17) is 0 Å². The largest absolute Gasteiger partial charge is 0.313 e. The van der Waals surface area contributed by atoms with Gasteiger partial charge < -0.3 is 5.32 Å². The summed E-state index contributed by atoms with van der Waals surface area (Å²) in [5.74, 6) is 0. The smallest absolute Gasteiger partial charge is 0.0650 e. The van der Waals surface area contributed by atoms with E-state index in [9.17, 15) is 0 Å². The van der Waals surface area contributed by atoms with Crippen molar-refractivity contribution in [3.05, 3.63) is 42.1 Å². The second kappa shape index (κ2) is 8.54. The van der Waals surface area contributed by atoms with Gasteiger partial charge in [0.25, 0.3) is 0 Å². The first-order valence-corrected chi connectivity index (χ1v) is 7.69. The minimum absolute atomic E-state index is 0.955. The summed E-state index contributed by atoms with van der Waals surface area (Å²) in [4.78, 5) is 0. The van der Waals surface area contributed by atoms with E-state index < -0.39 is 0 Å². The quantitative estimate of drug-likeness (QED) is 0.673. The zero-order valence-electron chi connectivity index (χ0n) is 12.4. The first kappa shape index (κ1) is 14.8. The fourth-order valence-electron chi connectivity index (χ4n) is 2.31. The van der Waals surface area contributed by atoms with E-state index in [-0.39, 0.29) is 0 Å². The van der Waals surface area contributed by atoms with Crippen LogP contribution in [0.25, 0.3) is 11.3 Å². The summed E-state index contributed by atoms with van der Waals surface area (Å²) < 4.78 is 0. The Morgan fingerprint density at radius 2 is 1.80 bits per heavy atom. The molecule has 0 saturated heterocycles. The topological polar surface area (TPSA) is 40.7 Å². The first-order valence-electron chi connectivity index (χ1n) is 7.69. The molecule has 0 aliphatic heterocycles. The highest BCUT2D eigenvalue weighted by Crippen LogP contribution is 2.16. The number of aromatic amines is 1. The summed E-state index contributed by atoms with van der Waals surface area (Å²) in [6.45, 7) is 4.33. The van der Waals surface area contributed by atoms with Crippen LogP contribution in [-0.2, 0) is 6.54 Å². The van der Waals surface area contributed by atoms with Crippen LogP contribution in [0.5, 0.6) is 0 Å². The molecule has 1 aromatic carbocycles. The maximum Gasteiger partial charge on any atom is 0.0650 e. The second-order valence-corrected chi connectivity index (χ2v) is 5.26. The maximum atomic E-state index is 3.97. The van der Waals surface area contributed by atoms with Crippen molar-refractivity contribution in [3.8, 4) is 11.3 Å². The Morgan fingerprint density at radius 1 is 1.00 bits per heavy atom. The monoisotopic (exact) mass is 271 g/mol. The minimum atomic E-state index is 0.955. The number of unbranched alkanes of at least 4 members (excludes halogenated alkanes) is 4. The summed E-state index contributed by atoms with van der Waals surface area (Å²) in [5, 5.41) is 10.5.